The number of H-pyrrole nitrogens is 1. The van der Waals surface area contributed by atoms with Crippen molar-refractivity contribution in [2.75, 3.05) is 0 Å². The van der Waals surface area contributed by atoms with E-state index in [9.17, 15) is 0 Å². The van der Waals surface area contributed by atoms with Gasteiger partial charge in [-0.3, -0.25) is 0 Å². The number of hydrogen-bond acceptors (Lipinski definition) is 4. The third-order valence-electron chi connectivity index (χ3n) is 5.40. The van der Waals surface area contributed by atoms with Crippen LogP contribution in [0.5, 0.6) is 5.75 Å². The number of hydrogen-bond donors (Lipinski definition) is 1. The zero-order valence-electron chi connectivity index (χ0n) is 17.1. The number of nitrogens with one attached hydrogen (secondary N) is 1. The summed E-state index contributed by atoms with van der Waals surface area (Å²) in [5, 5.41) is 15.4. The van der Waals surface area contributed by atoms with E-state index >= 15 is 0 Å². The van der Waals surface area contributed by atoms with Gasteiger partial charge in [-0.1, -0.05) is 60.7 Å². The Morgan fingerprint density at radius 1 is 0.839 bits per heavy atom. The molecule has 2 aromatic heterocycles. The predicted octanol–water partition coefficient (Wildman–Crippen LogP) is 4.57. The molecule has 5 aromatic rings. The van der Waals surface area contributed by atoms with Gasteiger partial charge in [-0.2, -0.15) is 0 Å². The van der Waals surface area contributed by atoms with Crippen LogP contribution in [0.4, 0.5) is 0 Å². The van der Waals surface area contributed by atoms with Crippen LogP contribution in [0.1, 0.15) is 22.5 Å². The molecule has 0 atom stereocenters. The first-order chi connectivity index (χ1) is 15.3. The number of aromatic nitrogens is 5. The summed E-state index contributed by atoms with van der Waals surface area (Å²) in [7, 11) is 0. The molecule has 6 nitrogen and oxygen atoms in total. The first-order valence-electron chi connectivity index (χ1n) is 10.4. The number of tetrazole rings is 1. The van der Waals surface area contributed by atoms with Gasteiger partial charge < -0.3 is 9.30 Å². The van der Waals surface area contributed by atoms with Crippen molar-refractivity contribution in [3.8, 4) is 5.75 Å². The van der Waals surface area contributed by atoms with Crippen LogP contribution in [0.15, 0.2) is 85.1 Å². The molecule has 3 aromatic carbocycles. The normalized spacial score (nSPS) is 11.1. The largest absolute Gasteiger partial charge is 0.489 e. The fourth-order valence-electron chi connectivity index (χ4n) is 3.83. The van der Waals surface area contributed by atoms with Crippen molar-refractivity contribution in [3.63, 3.8) is 0 Å². The summed E-state index contributed by atoms with van der Waals surface area (Å²) < 4.78 is 8.39. The van der Waals surface area contributed by atoms with E-state index in [0.29, 0.717) is 6.61 Å². The standard InChI is InChI=1S/C25H23N5O/c1-3-7-19(8-4-1)16-30-17-21(11-14-25-26-28-29-27-25)23-15-22(12-13-24(23)30)31-18-20-9-5-2-6-10-20/h1-10,12-13,15,17H,11,14,16,18H2,(H,26,27,28,29). The van der Waals surface area contributed by atoms with Gasteiger partial charge in [-0.15, -0.1) is 5.10 Å². The number of aryl methyl sites for hydroxylation is 2. The maximum Gasteiger partial charge on any atom is 0.148 e. The van der Waals surface area contributed by atoms with Gasteiger partial charge in [0.05, 0.1) is 0 Å². The van der Waals surface area contributed by atoms with E-state index in [1.807, 2.05) is 24.3 Å². The van der Waals surface area contributed by atoms with Crippen LogP contribution in [-0.2, 0) is 26.0 Å². The van der Waals surface area contributed by atoms with Crippen molar-refractivity contribution in [2.24, 2.45) is 0 Å². The Morgan fingerprint density at radius 2 is 1.61 bits per heavy atom. The summed E-state index contributed by atoms with van der Waals surface area (Å²) in [4.78, 5) is 0. The summed E-state index contributed by atoms with van der Waals surface area (Å²) in [6.07, 6.45) is 3.84. The number of rotatable bonds is 8. The molecule has 0 saturated carbocycles. The van der Waals surface area contributed by atoms with E-state index in [2.05, 4.69) is 86.0 Å². The zero-order chi connectivity index (χ0) is 20.9. The summed E-state index contributed by atoms with van der Waals surface area (Å²) >= 11 is 0. The van der Waals surface area contributed by atoms with Crippen LogP contribution in [0, 0.1) is 0 Å². The van der Waals surface area contributed by atoms with Crippen molar-refractivity contribution in [1.29, 1.82) is 0 Å². The van der Waals surface area contributed by atoms with Gasteiger partial charge >= 0.3 is 0 Å². The highest BCUT2D eigenvalue weighted by Gasteiger charge is 2.12. The van der Waals surface area contributed by atoms with Gasteiger partial charge in [0.2, 0.25) is 0 Å². The van der Waals surface area contributed by atoms with Crippen LogP contribution < -0.4 is 4.74 Å². The Hall–Kier alpha value is -3.93. The highest BCUT2D eigenvalue weighted by atomic mass is 16.5. The Labute approximate surface area is 180 Å². The molecule has 0 amide bonds. The van der Waals surface area contributed by atoms with Gasteiger partial charge in [0, 0.05) is 30.1 Å². The van der Waals surface area contributed by atoms with Crippen LogP contribution in [-0.4, -0.2) is 25.2 Å². The van der Waals surface area contributed by atoms with Gasteiger partial charge in [-0.25, -0.2) is 5.10 Å². The Morgan fingerprint density at radius 3 is 2.35 bits per heavy atom. The fraction of sp³-hybridized carbons (Fsp3) is 0.160. The van der Waals surface area contributed by atoms with Crippen molar-refractivity contribution in [2.45, 2.75) is 26.0 Å². The molecule has 0 fully saturated rings. The second kappa shape index (κ2) is 8.83. The first kappa shape index (κ1) is 19.1. The van der Waals surface area contributed by atoms with Gasteiger partial charge in [0.1, 0.15) is 18.2 Å². The fourth-order valence-corrected chi connectivity index (χ4v) is 3.83. The molecule has 31 heavy (non-hydrogen) atoms. The molecule has 0 saturated heterocycles. The van der Waals surface area contributed by atoms with E-state index in [0.717, 1.165) is 36.5 Å². The number of ether oxygens (including phenoxy) is 1. The van der Waals surface area contributed by atoms with E-state index in [-0.39, 0.29) is 0 Å². The molecular weight excluding hydrogens is 386 g/mol. The van der Waals surface area contributed by atoms with Crippen molar-refractivity contribution >= 4 is 10.9 Å². The number of benzene rings is 3. The lowest BCUT2D eigenvalue weighted by Crippen LogP contribution is -1.98. The summed E-state index contributed by atoms with van der Waals surface area (Å²) in [6, 6.07) is 27.1. The second-order valence-corrected chi connectivity index (χ2v) is 7.57. The molecule has 0 aliphatic rings. The van der Waals surface area contributed by atoms with E-state index in [4.69, 9.17) is 4.74 Å². The van der Waals surface area contributed by atoms with Crippen LogP contribution in [0.25, 0.3) is 10.9 Å². The molecule has 0 aliphatic heterocycles. The van der Waals surface area contributed by atoms with Crippen LogP contribution in [0.3, 0.4) is 0 Å². The van der Waals surface area contributed by atoms with Gasteiger partial charge in [0.25, 0.3) is 0 Å². The molecule has 5 rings (SSSR count). The Kier molecular flexibility index (Phi) is 5.43. The lowest BCUT2D eigenvalue weighted by molar-refractivity contribution is 0.306. The Bertz CT molecular complexity index is 1250. The molecule has 6 heteroatoms. The topological polar surface area (TPSA) is 68.6 Å². The first-order valence-corrected chi connectivity index (χ1v) is 10.4. The van der Waals surface area contributed by atoms with E-state index < -0.39 is 0 Å². The molecule has 0 radical (unpaired) electrons. The molecule has 1 N–H and O–H groups in total. The average molecular weight is 409 g/mol. The maximum absolute atomic E-state index is 6.09. The minimum Gasteiger partial charge on any atom is -0.489 e. The van der Waals surface area contributed by atoms with Crippen LogP contribution >= 0.6 is 0 Å². The highest BCUT2D eigenvalue weighted by Crippen LogP contribution is 2.28. The molecule has 0 aliphatic carbocycles. The van der Waals surface area contributed by atoms with Gasteiger partial charge in [-0.05, 0) is 51.7 Å². The minimum atomic E-state index is 0.552. The zero-order valence-corrected chi connectivity index (χ0v) is 17.1. The number of fused-ring (bicyclic) bond motifs is 1. The quantitative estimate of drug-likeness (QED) is 0.408. The second-order valence-electron chi connectivity index (χ2n) is 7.57. The summed E-state index contributed by atoms with van der Waals surface area (Å²) in [5.74, 6) is 1.66. The van der Waals surface area contributed by atoms with Crippen molar-refractivity contribution in [1.82, 2.24) is 25.2 Å². The molecular formula is C25H23N5O. The highest BCUT2D eigenvalue weighted by molar-refractivity contribution is 5.85. The lowest BCUT2D eigenvalue weighted by atomic mass is 10.1. The Balaban J connectivity index is 1.44. The SMILES string of the molecule is c1ccc(COc2ccc3c(c2)c(CCc2nnn[nH]2)cn3Cc2ccccc2)cc1. The van der Waals surface area contributed by atoms with E-state index in [1.54, 1.807) is 0 Å². The molecule has 0 spiro atoms. The summed E-state index contributed by atoms with van der Waals surface area (Å²) in [5.41, 5.74) is 4.88. The van der Waals surface area contributed by atoms with Crippen LogP contribution in [0.2, 0.25) is 0 Å². The third kappa shape index (κ3) is 4.48. The molecule has 0 unspecified atom stereocenters. The van der Waals surface area contributed by atoms with Crippen molar-refractivity contribution in [3.05, 3.63) is 108 Å². The average Bonchev–Trinajstić information content (AvgIpc) is 3.46. The predicted molar refractivity (Wildman–Crippen MR) is 120 cm³/mol. The van der Waals surface area contributed by atoms with Gasteiger partial charge in [0.15, 0.2) is 0 Å². The summed E-state index contributed by atoms with van der Waals surface area (Å²) in [6.45, 7) is 1.38. The maximum atomic E-state index is 6.09. The molecule has 154 valence electrons. The minimum absolute atomic E-state index is 0.552. The lowest BCUT2D eigenvalue weighted by Gasteiger charge is -2.08. The smallest absolute Gasteiger partial charge is 0.148 e. The van der Waals surface area contributed by atoms with Crippen molar-refractivity contribution < 1.29 is 4.74 Å². The number of nitrogens with zero attached hydrogens (tertiary/aromatic N) is 4. The molecule has 2 heterocycles. The monoisotopic (exact) mass is 409 g/mol. The third-order valence-corrected chi connectivity index (χ3v) is 5.40. The molecule has 0 bridgehead atoms. The van der Waals surface area contributed by atoms with E-state index in [1.165, 1.54) is 22.0 Å². The number of aromatic amines is 1.